The monoisotopic (exact) mass is 425 g/mol. The van der Waals surface area contributed by atoms with Crippen LogP contribution in [0.25, 0.3) is 0 Å². The van der Waals surface area contributed by atoms with E-state index in [4.69, 9.17) is 14.2 Å². The third kappa shape index (κ3) is 4.52. The Labute approximate surface area is 176 Å². The number of hydrogen-bond acceptors (Lipinski definition) is 8. The zero-order valence-electron chi connectivity index (χ0n) is 16.1. The van der Waals surface area contributed by atoms with Gasteiger partial charge in [0.15, 0.2) is 16.6 Å². The summed E-state index contributed by atoms with van der Waals surface area (Å²) in [6.07, 6.45) is 0.745. The van der Waals surface area contributed by atoms with Crippen molar-refractivity contribution in [2.75, 3.05) is 24.0 Å². The highest BCUT2D eigenvalue weighted by Crippen LogP contribution is 2.35. The fourth-order valence-corrected chi connectivity index (χ4v) is 3.44. The van der Waals surface area contributed by atoms with Crippen molar-refractivity contribution in [3.05, 3.63) is 59.1 Å². The van der Waals surface area contributed by atoms with Gasteiger partial charge >= 0.3 is 5.97 Å². The van der Waals surface area contributed by atoms with Gasteiger partial charge in [-0.2, -0.15) is 0 Å². The molecule has 0 aliphatic carbocycles. The molecule has 154 valence electrons. The number of ether oxygens (including phenoxy) is 3. The van der Waals surface area contributed by atoms with Crippen LogP contribution in [0.3, 0.4) is 0 Å². The quantitative estimate of drug-likeness (QED) is 0.540. The number of hydrogen-bond donors (Lipinski definition) is 2. The van der Waals surface area contributed by atoms with Crippen molar-refractivity contribution in [3.63, 3.8) is 0 Å². The normalized spacial score (nSPS) is 11.8. The molecule has 1 aliphatic heterocycles. The molecule has 1 amide bonds. The van der Waals surface area contributed by atoms with Crippen molar-refractivity contribution in [1.82, 2.24) is 4.98 Å². The summed E-state index contributed by atoms with van der Waals surface area (Å²) in [6, 6.07) is 12.1. The third-order valence-electron chi connectivity index (χ3n) is 4.15. The molecule has 8 nitrogen and oxygen atoms in total. The number of carbonyl (C=O) groups is 2. The summed E-state index contributed by atoms with van der Waals surface area (Å²) < 4.78 is 15.8. The van der Waals surface area contributed by atoms with Gasteiger partial charge in [-0.3, -0.25) is 4.79 Å². The predicted octanol–water partition coefficient (Wildman–Crippen LogP) is 4.43. The maximum Gasteiger partial charge on any atom is 0.338 e. The lowest BCUT2D eigenvalue weighted by Gasteiger charge is -2.07. The molecule has 0 spiro atoms. The molecule has 0 fully saturated rings. The first-order valence-electron chi connectivity index (χ1n) is 9.33. The van der Waals surface area contributed by atoms with Gasteiger partial charge in [0.2, 0.25) is 6.79 Å². The van der Waals surface area contributed by atoms with Crippen molar-refractivity contribution in [1.29, 1.82) is 0 Å². The highest BCUT2D eigenvalue weighted by atomic mass is 32.1. The largest absolute Gasteiger partial charge is 0.462 e. The molecule has 4 rings (SSSR count). The summed E-state index contributed by atoms with van der Waals surface area (Å²) in [5, 5.41) is 8.12. The number of nitrogens with one attached hydrogen (secondary N) is 2. The van der Waals surface area contributed by atoms with Gasteiger partial charge in [-0.15, -0.1) is 11.3 Å². The molecule has 0 bridgehead atoms. The average molecular weight is 425 g/mol. The lowest BCUT2D eigenvalue weighted by Crippen LogP contribution is -2.13. The number of amides is 1. The van der Waals surface area contributed by atoms with Crippen LogP contribution >= 0.6 is 11.3 Å². The second-order valence-corrected chi connectivity index (χ2v) is 7.26. The maximum atomic E-state index is 12.5. The molecular formula is C21H19N3O5S. The number of esters is 1. The molecule has 2 heterocycles. The second kappa shape index (κ2) is 8.83. The Morgan fingerprint density at radius 1 is 1.13 bits per heavy atom. The molecule has 0 radical (unpaired) electrons. The highest BCUT2D eigenvalue weighted by Gasteiger charge is 2.16. The Morgan fingerprint density at radius 2 is 2.00 bits per heavy atom. The Kier molecular flexibility index (Phi) is 5.80. The minimum atomic E-state index is -0.420. The molecule has 1 aliphatic rings. The fourth-order valence-electron chi connectivity index (χ4n) is 2.73. The fraction of sp³-hybridized carbons (Fsp3) is 0.190. The summed E-state index contributed by atoms with van der Waals surface area (Å²) in [7, 11) is 0. The predicted molar refractivity (Wildman–Crippen MR) is 113 cm³/mol. The van der Waals surface area contributed by atoms with E-state index in [2.05, 4.69) is 15.6 Å². The van der Waals surface area contributed by atoms with Gasteiger partial charge < -0.3 is 24.8 Å². The van der Waals surface area contributed by atoms with Crippen LogP contribution in [0.1, 0.15) is 34.2 Å². The first-order chi connectivity index (χ1) is 14.6. The van der Waals surface area contributed by atoms with E-state index >= 15 is 0 Å². The SMILES string of the molecule is CCCOC(=O)c1cccc(NC(=O)c2csc(Nc3ccc4c(c3)OCO4)n2)c1. The van der Waals surface area contributed by atoms with Crippen LogP contribution < -0.4 is 20.1 Å². The van der Waals surface area contributed by atoms with Crippen molar-refractivity contribution >= 4 is 39.7 Å². The molecule has 0 saturated carbocycles. The molecule has 2 aromatic carbocycles. The molecule has 0 saturated heterocycles. The lowest BCUT2D eigenvalue weighted by atomic mass is 10.2. The Morgan fingerprint density at radius 3 is 2.87 bits per heavy atom. The standard InChI is InChI=1S/C21H19N3O5S/c1-2-8-27-20(26)13-4-3-5-14(9-13)22-19(25)16-11-30-21(24-16)23-15-6-7-17-18(10-15)29-12-28-17/h3-7,9-11H,2,8,12H2,1H3,(H,22,25)(H,23,24). The van der Waals surface area contributed by atoms with Gasteiger partial charge in [-0.25, -0.2) is 9.78 Å². The van der Waals surface area contributed by atoms with Gasteiger partial charge in [-0.1, -0.05) is 13.0 Å². The summed E-state index contributed by atoms with van der Waals surface area (Å²) >= 11 is 1.30. The minimum absolute atomic E-state index is 0.206. The van der Waals surface area contributed by atoms with Crippen LogP contribution in [0, 0.1) is 0 Å². The minimum Gasteiger partial charge on any atom is -0.462 e. The second-order valence-electron chi connectivity index (χ2n) is 6.40. The molecular weight excluding hydrogens is 406 g/mol. The topological polar surface area (TPSA) is 98.8 Å². The number of carbonyl (C=O) groups excluding carboxylic acids is 2. The maximum absolute atomic E-state index is 12.5. The van der Waals surface area contributed by atoms with Crippen molar-refractivity contribution < 1.29 is 23.8 Å². The lowest BCUT2D eigenvalue weighted by molar-refractivity contribution is 0.0505. The number of rotatable bonds is 7. The Bertz CT molecular complexity index is 1080. The summed E-state index contributed by atoms with van der Waals surface area (Å²) in [6.45, 7) is 2.48. The van der Waals surface area contributed by atoms with Crippen LogP contribution in [0.2, 0.25) is 0 Å². The van der Waals surface area contributed by atoms with Gasteiger partial charge in [-0.05, 0) is 36.8 Å². The first kappa shape index (κ1) is 19.7. The van der Waals surface area contributed by atoms with Crippen LogP contribution in [0.15, 0.2) is 47.8 Å². The molecule has 2 N–H and O–H groups in total. The highest BCUT2D eigenvalue weighted by molar-refractivity contribution is 7.14. The number of anilines is 3. The summed E-state index contributed by atoms with van der Waals surface area (Å²) in [4.78, 5) is 28.9. The van der Waals surface area contributed by atoms with E-state index in [1.54, 1.807) is 29.6 Å². The summed E-state index contributed by atoms with van der Waals surface area (Å²) in [5.74, 6) is 0.563. The van der Waals surface area contributed by atoms with Gasteiger partial charge in [0.1, 0.15) is 5.69 Å². The van der Waals surface area contributed by atoms with E-state index in [1.807, 2.05) is 25.1 Å². The van der Waals surface area contributed by atoms with Crippen LogP contribution in [0.4, 0.5) is 16.5 Å². The number of benzene rings is 2. The van der Waals surface area contributed by atoms with Gasteiger partial charge in [0.25, 0.3) is 5.91 Å². The smallest absolute Gasteiger partial charge is 0.338 e. The first-order valence-corrected chi connectivity index (χ1v) is 10.2. The number of nitrogens with zero attached hydrogens (tertiary/aromatic N) is 1. The van der Waals surface area contributed by atoms with Gasteiger partial charge in [0.05, 0.1) is 12.2 Å². The molecule has 30 heavy (non-hydrogen) atoms. The van der Waals surface area contributed by atoms with Gasteiger partial charge in [0, 0.05) is 22.8 Å². The molecule has 9 heteroatoms. The van der Waals surface area contributed by atoms with E-state index in [9.17, 15) is 9.59 Å². The number of aromatic nitrogens is 1. The van der Waals surface area contributed by atoms with Crippen molar-refractivity contribution in [2.24, 2.45) is 0 Å². The molecule has 1 aromatic heterocycles. The molecule has 3 aromatic rings. The molecule has 0 atom stereocenters. The van der Waals surface area contributed by atoms with E-state index in [0.29, 0.717) is 34.5 Å². The van der Waals surface area contributed by atoms with E-state index < -0.39 is 5.97 Å². The Balaban J connectivity index is 1.40. The van der Waals surface area contributed by atoms with Crippen molar-refractivity contribution in [3.8, 4) is 11.5 Å². The van der Waals surface area contributed by atoms with Crippen molar-refractivity contribution in [2.45, 2.75) is 13.3 Å². The van der Waals surface area contributed by atoms with Crippen LogP contribution in [0.5, 0.6) is 11.5 Å². The number of thiazole rings is 1. The molecule has 0 unspecified atom stereocenters. The Hall–Kier alpha value is -3.59. The van der Waals surface area contributed by atoms with E-state index in [1.165, 1.54) is 11.3 Å². The van der Waals surface area contributed by atoms with E-state index in [0.717, 1.165) is 12.1 Å². The van der Waals surface area contributed by atoms with Crippen LogP contribution in [-0.4, -0.2) is 30.3 Å². The van der Waals surface area contributed by atoms with Crippen LogP contribution in [-0.2, 0) is 4.74 Å². The zero-order chi connectivity index (χ0) is 20.9. The number of fused-ring (bicyclic) bond motifs is 1. The van der Waals surface area contributed by atoms with E-state index in [-0.39, 0.29) is 18.4 Å². The average Bonchev–Trinajstić information content (AvgIpc) is 3.41. The summed E-state index contributed by atoms with van der Waals surface area (Å²) in [5.41, 5.74) is 1.91. The third-order valence-corrected chi connectivity index (χ3v) is 4.91. The zero-order valence-corrected chi connectivity index (χ0v) is 17.0.